The van der Waals surface area contributed by atoms with Crippen LogP contribution in [-0.4, -0.2) is 6.04 Å². The van der Waals surface area contributed by atoms with Gasteiger partial charge in [-0.25, -0.2) is 0 Å². The number of hydrogen-bond acceptors (Lipinski definition) is 3. The van der Waals surface area contributed by atoms with Crippen molar-refractivity contribution in [1.82, 2.24) is 5.32 Å². The molecule has 0 bridgehead atoms. The fourth-order valence-corrected chi connectivity index (χ4v) is 2.31. The van der Waals surface area contributed by atoms with E-state index in [1.807, 2.05) is 18.2 Å². The van der Waals surface area contributed by atoms with Crippen LogP contribution in [0.3, 0.4) is 0 Å². The van der Waals surface area contributed by atoms with Gasteiger partial charge < -0.3 is 10.1 Å². The van der Waals surface area contributed by atoms with Crippen molar-refractivity contribution in [2.45, 2.75) is 39.5 Å². The lowest BCUT2D eigenvalue weighted by atomic mass is 10.2. The molecule has 1 unspecified atom stereocenters. The quantitative estimate of drug-likeness (QED) is 0.804. The number of halogens is 1. The van der Waals surface area contributed by atoms with Gasteiger partial charge in [0.2, 0.25) is 0 Å². The van der Waals surface area contributed by atoms with Crippen LogP contribution in [0.5, 0.6) is 5.75 Å². The first-order chi connectivity index (χ1) is 9.28. The van der Waals surface area contributed by atoms with E-state index in [1.54, 1.807) is 11.3 Å². The van der Waals surface area contributed by atoms with Gasteiger partial charge in [-0.2, -0.15) is 0 Å². The van der Waals surface area contributed by atoms with Gasteiger partial charge in [0.1, 0.15) is 12.4 Å². The zero-order valence-electron chi connectivity index (χ0n) is 12.0. The molecule has 0 saturated heterocycles. The zero-order valence-corrected chi connectivity index (χ0v) is 13.6. The van der Waals surface area contributed by atoms with Gasteiger partial charge in [0.25, 0.3) is 0 Å². The number of nitrogens with one attached hydrogen (secondary N) is 1. The molecule has 0 aliphatic carbocycles. The summed E-state index contributed by atoms with van der Waals surface area (Å²) in [5.41, 5.74) is 1.30. The van der Waals surface area contributed by atoms with Crippen molar-refractivity contribution in [1.29, 1.82) is 0 Å². The lowest BCUT2D eigenvalue weighted by molar-refractivity contribution is 0.309. The molecule has 1 atom stereocenters. The van der Waals surface area contributed by atoms with Gasteiger partial charge >= 0.3 is 0 Å². The maximum Gasteiger partial charge on any atom is 0.122 e. The van der Waals surface area contributed by atoms with E-state index >= 15 is 0 Å². The highest BCUT2D eigenvalue weighted by atomic mass is 35.5. The van der Waals surface area contributed by atoms with Crippen molar-refractivity contribution in [2.24, 2.45) is 0 Å². The summed E-state index contributed by atoms with van der Waals surface area (Å²) >= 11 is 1.72. The number of rotatable bonds is 7. The molecule has 2 aromatic rings. The van der Waals surface area contributed by atoms with E-state index in [1.165, 1.54) is 10.4 Å². The van der Waals surface area contributed by atoms with E-state index in [4.69, 9.17) is 4.74 Å². The van der Waals surface area contributed by atoms with E-state index in [2.05, 4.69) is 42.7 Å². The van der Waals surface area contributed by atoms with Crippen LogP contribution in [-0.2, 0) is 13.2 Å². The van der Waals surface area contributed by atoms with E-state index in [0.29, 0.717) is 12.6 Å². The summed E-state index contributed by atoms with van der Waals surface area (Å²) in [5, 5.41) is 5.56. The van der Waals surface area contributed by atoms with Gasteiger partial charge in [0, 0.05) is 17.5 Å². The number of ether oxygens (including phenoxy) is 1. The molecule has 0 fully saturated rings. The second-order valence-corrected chi connectivity index (χ2v) is 5.73. The van der Waals surface area contributed by atoms with Crippen LogP contribution in [0.4, 0.5) is 0 Å². The molecule has 0 amide bonds. The Morgan fingerprint density at radius 1 is 1.20 bits per heavy atom. The summed E-state index contributed by atoms with van der Waals surface area (Å²) in [6.07, 6.45) is 1.15. The van der Waals surface area contributed by atoms with Crippen molar-refractivity contribution < 1.29 is 4.74 Å². The topological polar surface area (TPSA) is 21.3 Å². The Morgan fingerprint density at radius 2 is 1.95 bits per heavy atom. The third-order valence-electron chi connectivity index (χ3n) is 3.15. The minimum atomic E-state index is 0. The Labute approximate surface area is 131 Å². The van der Waals surface area contributed by atoms with Crippen molar-refractivity contribution >= 4 is 23.7 Å². The van der Waals surface area contributed by atoms with E-state index in [9.17, 15) is 0 Å². The minimum absolute atomic E-state index is 0. The van der Waals surface area contributed by atoms with E-state index in [0.717, 1.165) is 18.7 Å². The van der Waals surface area contributed by atoms with Gasteiger partial charge in [-0.3, -0.25) is 0 Å². The Bertz CT molecular complexity index is 470. The molecule has 1 aromatic carbocycles. The van der Waals surface area contributed by atoms with Crippen LogP contribution in [0, 0.1) is 0 Å². The van der Waals surface area contributed by atoms with Gasteiger partial charge in [0.15, 0.2) is 0 Å². The number of benzene rings is 1. The van der Waals surface area contributed by atoms with E-state index < -0.39 is 0 Å². The average Bonchev–Trinajstić information content (AvgIpc) is 2.97. The third-order valence-corrected chi connectivity index (χ3v) is 4.00. The third kappa shape index (κ3) is 5.53. The molecule has 2 rings (SSSR count). The molecule has 0 spiro atoms. The highest BCUT2D eigenvalue weighted by Crippen LogP contribution is 2.16. The summed E-state index contributed by atoms with van der Waals surface area (Å²) in [6.45, 7) is 5.97. The lowest BCUT2D eigenvalue weighted by Gasteiger charge is -2.11. The zero-order chi connectivity index (χ0) is 13.5. The largest absolute Gasteiger partial charge is 0.488 e. The summed E-state index contributed by atoms with van der Waals surface area (Å²) in [6, 6.07) is 13.0. The van der Waals surface area contributed by atoms with Crippen LogP contribution in [0.25, 0.3) is 0 Å². The Hall–Kier alpha value is -1.03. The Kier molecular flexibility index (Phi) is 7.67. The number of hydrogen-bond donors (Lipinski definition) is 1. The molecule has 20 heavy (non-hydrogen) atoms. The SMILES string of the molecule is CCC(C)NCc1ccc(OCc2cccs2)cc1.Cl. The Morgan fingerprint density at radius 3 is 2.55 bits per heavy atom. The van der Waals surface area contributed by atoms with Crippen molar-refractivity contribution in [2.75, 3.05) is 0 Å². The van der Waals surface area contributed by atoms with Crippen LogP contribution < -0.4 is 10.1 Å². The highest BCUT2D eigenvalue weighted by Gasteiger charge is 2.00. The maximum absolute atomic E-state index is 5.74. The molecule has 1 heterocycles. The lowest BCUT2D eigenvalue weighted by Crippen LogP contribution is -2.24. The molecule has 4 heteroatoms. The summed E-state index contributed by atoms with van der Waals surface area (Å²) in [7, 11) is 0. The van der Waals surface area contributed by atoms with Gasteiger partial charge in [-0.05, 0) is 42.5 Å². The van der Waals surface area contributed by atoms with Crippen LogP contribution >= 0.6 is 23.7 Å². The van der Waals surface area contributed by atoms with Gasteiger partial charge in [-0.1, -0.05) is 25.1 Å². The van der Waals surface area contributed by atoms with Crippen molar-refractivity contribution in [3.05, 3.63) is 52.2 Å². The predicted molar refractivity (Wildman–Crippen MR) is 88.9 cm³/mol. The average molecular weight is 312 g/mol. The summed E-state index contributed by atoms with van der Waals surface area (Å²) in [4.78, 5) is 1.25. The molecular weight excluding hydrogens is 290 g/mol. The molecule has 110 valence electrons. The molecule has 0 saturated carbocycles. The van der Waals surface area contributed by atoms with Gasteiger partial charge in [-0.15, -0.1) is 23.7 Å². The first-order valence-electron chi connectivity index (χ1n) is 6.75. The van der Waals surface area contributed by atoms with Crippen molar-refractivity contribution in [3.8, 4) is 5.75 Å². The second-order valence-electron chi connectivity index (χ2n) is 4.70. The molecule has 1 aromatic heterocycles. The van der Waals surface area contributed by atoms with E-state index in [-0.39, 0.29) is 12.4 Å². The van der Waals surface area contributed by atoms with Crippen LogP contribution in [0.15, 0.2) is 41.8 Å². The Balaban J connectivity index is 0.00000200. The molecule has 2 nitrogen and oxygen atoms in total. The number of thiophene rings is 1. The normalized spacial score (nSPS) is 11.7. The van der Waals surface area contributed by atoms with Crippen molar-refractivity contribution in [3.63, 3.8) is 0 Å². The smallest absolute Gasteiger partial charge is 0.122 e. The minimum Gasteiger partial charge on any atom is -0.488 e. The highest BCUT2D eigenvalue weighted by molar-refractivity contribution is 7.09. The second kappa shape index (κ2) is 9.01. The molecule has 0 aliphatic rings. The fourth-order valence-electron chi connectivity index (χ4n) is 1.69. The molecule has 0 radical (unpaired) electrons. The summed E-state index contributed by atoms with van der Waals surface area (Å²) in [5.74, 6) is 0.931. The first kappa shape index (κ1) is 17.0. The fraction of sp³-hybridized carbons (Fsp3) is 0.375. The van der Waals surface area contributed by atoms with Gasteiger partial charge in [0.05, 0.1) is 0 Å². The molecule has 1 N–H and O–H groups in total. The molecule has 0 aliphatic heterocycles. The monoisotopic (exact) mass is 311 g/mol. The predicted octanol–water partition coefficient (Wildman–Crippen LogP) is 4.64. The van der Waals surface area contributed by atoms with Crippen LogP contribution in [0.2, 0.25) is 0 Å². The standard InChI is InChI=1S/C16H21NOS.ClH/c1-3-13(2)17-11-14-6-8-15(9-7-14)18-12-16-5-4-10-19-16;/h4-10,13,17H,3,11-12H2,1-2H3;1H. The van der Waals surface area contributed by atoms with Crippen LogP contribution in [0.1, 0.15) is 30.7 Å². The molecular formula is C16H22ClNOS. The summed E-state index contributed by atoms with van der Waals surface area (Å²) < 4.78 is 5.74. The maximum atomic E-state index is 5.74. The first-order valence-corrected chi connectivity index (χ1v) is 7.63.